The fourth-order valence-electron chi connectivity index (χ4n) is 1.93. The van der Waals surface area contributed by atoms with Gasteiger partial charge in [0.25, 0.3) is 5.56 Å². The van der Waals surface area contributed by atoms with Crippen molar-refractivity contribution in [1.29, 1.82) is 5.26 Å². The van der Waals surface area contributed by atoms with Gasteiger partial charge in [-0.1, -0.05) is 0 Å². The topological polar surface area (TPSA) is 128 Å². The average Bonchev–Trinajstić information content (AvgIpc) is 2.67. The number of H-pyrrole nitrogens is 1. The lowest BCUT2D eigenvalue weighted by Gasteiger charge is -2.22. The van der Waals surface area contributed by atoms with Crippen molar-refractivity contribution in [2.45, 2.75) is 24.4 Å². The van der Waals surface area contributed by atoms with Crippen LogP contribution in [0.25, 0.3) is 0 Å². The van der Waals surface area contributed by atoms with Crippen molar-refractivity contribution >= 4 is 0 Å². The van der Waals surface area contributed by atoms with E-state index in [-0.39, 0.29) is 6.42 Å². The van der Waals surface area contributed by atoms with E-state index in [0.29, 0.717) is 0 Å². The zero-order valence-corrected chi connectivity index (χ0v) is 9.24. The summed E-state index contributed by atoms with van der Waals surface area (Å²) in [5, 5.41) is 27.8. The fraction of sp³-hybridized carbons (Fsp3) is 0.500. The van der Waals surface area contributed by atoms with Crippen LogP contribution in [0, 0.1) is 11.3 Å². The standard InChI is InChI=1S/C10H11N3O5/c11-5-10(3-6(15)7(4-14)18-10)13-2-1-8(16)12-9(13)17/h1-2,6-7,14-15H,3-4H2,(H,12,16,17). The highest BCUT2D eigenvalue weighted by Gasteiger charge is 2.48. The van der Waals surface area contributed by atoms with E-state index >= 15 is 0 Å². The highest BCUT2D eigenvalue weighted by molar-refractivity contribution is 5.07. The maximum absolute atomic E-state index is 11.6. The Bertz CT molecular complexity index is 601. The second kappa shape index (κ2) is 4.38. The van der Waals surface area contributed by atoms with Gasteiger partial charge in [0, 0.05) is 18.7 Å². The lowest BCUT2D eigenvalue weighted by molar-refractivity contribution is -0.0847. The molecule has 3 atom stereocenters. The van der Waals surface area contributed by atoms with E-state index in [1.807, 2.05) is 4.98 Å². The van der Waals surface area contributed by atoms with Crippen molar-refractivity contribution < 1.29 is 14.9 Å². The van der Waals surface area contributed by atoms with Gasteiger partial charge in [-0.2, -0.15) is 5.26 Å². The maximum Gasteiger partial charge on any atom is 0.331 e. The normalized spacial score (nSPS) is 31.2. The minimum Gasteiger partial charge on any atom is -0.394 e. The van der Waals surface area contributed by atoms with Crippen LogP contribution in [0.15, 0.2) is 21.9 Å². The molecule has 1 saturated heterocycles. The van der Waals surface area contributed by atoms with E-state index < -0.39 is 35.8 Å². The van der Waals surface area contributed by atoms with Gasteiger partial charge in [-0.25, -0.2) is 4.79 Å². The van der Waals surface area contributed by atoms with E-state index in [0.717, 1.165) is 16.8 Å². The molecular weight excluding hydrogens is 242 g/mol. The Morgan fingerprint density at radius 1 is 1.67 bits per heavy atom. The van der Waals surface area contributed by atoms with Crippen LogP contribution in [-0.2, 0) is 10.5 Å². The Morgan fingerprint density at radius 3 is 2.89 bits per heavy atom. The highest BCUT2D eigenvalue weighted by atomic mass is 16.6. The zero-order valence-electron chi connectivity index (χ0n) is 9.24. The van der Waals surface area contributed by atoms with Crippen LogP contribution in [0.1, 0.15) is 6.42 Å². The van der Waals surface area contributed by atoms with E-state index in [2.05, 4.69) is 0 Å². The number of ether oxygens (including phenoxy) is 1. The average molecular weight is 253 g/mol. The van der Waals surface area contributed by atoms with E-state index in [9.17, 15) is 20.0 Å². The summed E-state index contributed by atoms with van der Waals surface area (Å²) in [5.41, 5.74) is -3.12. The Balaban J connectivity index is 2.50. The van der Waals surface area contributed by atoms with Gasteiger partial charge in [0.1, 0.15) is 12.2 Å². The summed E-state index contributed by atoms with van der Waals surface area (Å²) in [4.78, 5) is 24.6. The molecule has 18 heavy (non-hydrogen) atoms. The molecule has 96 valence electrons. The van der Waals surface area contributed by atoms with Crippen molar-refractivity contribution in [3.63, 3.8) is 0 Å². The molecule has 0 saturated carbocycles. The molecule has 1 aliphatic heterocycles. The summed E-state index contributed by atoms with van der Waals surface area (Å²) >= 11 is 0. The van der Waals surface area contributed by atoms with Gasteiger partial charge in [0.15, 0.2) is 0 Å². The molecule has 0 spiro atoms. The monoisotopic (exact) mass is 253 g/mol. The Kier molecular flexibility index (Phi) is 3.04. The Morgan fingerprint density at radius 2 is 2.39 bits per heavy atom. The quantitative estimate of drug-likeness (QED) is 0.551. The van der Waals surface area contributed by atoms with Gasteiger partial charge in [-0.3, -0.25) is 14.3 Å². The number of aromatic nitrogens is 2. The molecule has 2 heterocycles. The summed E-state index contributed by atoms with van der Waals surface area (Å²) in [6, 6.07) is 2.87. The van der Waals surface area contributed by atoms with E-state index in [1.165, 1.54) is 0 Å². The van der Waals surface area contributed by atoms with Gasteiger partial charge < -0.3 is 14.9 Å². The lowest BCUT2D eigenvalue weighted by Crippen LogP contribution is -2.43. The third-order valence-corrected chi connectivity index (χ3v) is 2.83. The highest BCUT2D eigenvalue weighted by Crippen LogP contribution is 2.33. The minimum absolute atomic E-state index is 0.166. The molecule has 0 amide bonds. The Labute approximate surface area is 101 Å². The molecule has 1 aromatic rings. The Hall–Kier alpha value is -1.95. The molecule has 1 aromatic heterocycles. The number of nitrogens with one attached hydrogen (secondary N) is 1. The van der Waals surface area contributed by atoms with Crippen LogP contribution < -0.4 is 11.2 Å². The van der Waals surface area contributed by atoms with Gasteiger partial charge in [-0.15, -0.1) is 0 Å². The molecule has 8 heteroatoms. The lowest BCUT2D eigenvalue weighted by atomic mass is 10.1. The minimum atomic E-state index is -1.71. The second-order valence-corrected chi connectivity index (χ2v) is 3.99. The maximum atomic E-state index is 11.6. The van der Waals surface area contributed by atoms with Crippen LogP contribution in [0.2, 0.25) is 0 Å². The second-order valence-electron chi connectivity index (χ2n) is 3.99. The summed E-state index contributed by atoms with van der Waals surface area (Å²) in [7, 11) is 0. The van der Waals surface area contributed by atoms with Crippen LogP contribution >= 0.6 is 0 Å². The SMILES string of the molecule is N#CC1(n2ccc(=O)[nH]c2=O)CC(O)C(CO)O1. The zero-order chi connectivity index (χ0) is 13.3. The number of nitriles is 1. The van der Waals surface area contributed by atoms with Crippen LogP contribution in [-0.4, -0.2) is 38.6 Å². The molecule has 0 bridgehead atoms. The predicted octanol–water partition coefficient (Wildman–Crippen LogP) is -2.14. The molecule has 0 aromatic carbocycles. The number of aliphatic hydroxyl groups is 2. The van der Waals surface area contributed by atoms with Crippen molar-refractivity contribution in [3.05, 3.63) is 33.1 Å². The van der Waals surface area contributed by atoms with Gasteiger partial charge in [0.2, 0.25) is 5.72 Å². The molecule has 0 aliphatic carbocycles. The van der Waals surface area contributed by atoms with E-state index in [4.69, 9.17) is 9.84 Å². The number of aromatic amines is 1. The molecule has 3 unspecified atom stereocenters. The van der Waals surface area contributed by atoms with Gasteiger partial charge in [0.05, 0.1) is 12.7 Å². The molecule has 3 N–H and O–H groups in total. The first-order chi connectivity index (χ1) is 8.52. The summed E-state index contributed by atoms with van der Waals surface area (Å²) in [6.45, 7) is -0.470. The first-order valence-corrected chi connectivity index (χ1v) is 5.23. The third-order valence-electron chi connectivity index (χ3n) is 2.83. The largest absolute Gasteiger partial charge is 0.394 e. The molecular formula is C10H11N3O5. The predicted molar refractivity (Wildman–Crippen MR) is 57.5 cm³/mol. The third kappa shape index (κ3) is 1.84. The van der Waals surface area contributed by atoms with Crippen molar-refractivity contribution in [1.82, 2.24) is 9.55 Å². The number of rotatable bonds is 2. The number of aliphatic hydroxyl groups excluding tert-OH is 2. The molecule has 0 radical (unpaired) electrons. The van der Waals surface area contributed by atoms with Crippen molar-refractivity contribution in [3.8, 4) is 6.07 Å². The smallest absolute Gasteiger partial charge is 0.331 e. The first-order valence-electron chi connectivity index (χ1n) is 5.23. The van der Waals surface area contributed by atoms with Crippen LogP contribution in [0.5, 0.6) is 0 Å². The van der Waals surface area contributed by atoms with E-state index in [1.54, 1.807) is 6.07 Å². The molecule has 2 rings (SSSR count). The van der Waals surface area contributed by atoms with Gasteiger partial charge >= 0.3 is 5.69 Å². The van der Waals surface area contributed by atoms with Gasteiger partial charge in [-0.05, 0) is 0 Å². The van der Waals surface area contributed by atoms with Crippen LogP contribution in [0.4, 0.5) is 0 Å². The molecule has 8 nitrogen and oxygen atoms in total. The van der Waals surface area contributed by atoms with Crippen molar-refractivity contribution in [2.24, 2.45) is 0 Å². The summed E-state index contributed by atoms with van der Waals surface area (Å²) in [6.07, 6.45) is -1.05. The summed E-state index contributed by atoms with van der Waals surface area (Å²) in [5.74, 6) is 0. The van der Waals surface area contributed by atoms with Crippen LogP contribution in [0.3, 0.4) is 0 Å². The fourth-order valence-corrected chi connectivity index (χ4v) is 1.93. The molecule has 1 aliphatic rings. The first kappa shape index (κ1) is 12.5. The summed E-state index contributed by atoms with van der Waals surface area (Å²) < 4.78 is 6.14. The number of hydrogen-bond donors (Lipinski definition) is 3. The van der Waals surface area contributed by atoms with Crippen molar-refractivity contribution in [2.75, 3.05) is 6.61 Å². The number of nitrogens with zero attached hydrogens (tertiary/aromatic N) is 2. The number of hydrogen-bond acceptors (Lipinski definition) is 6. The molecule has 1 fully saturated rings.